The fourth-order valence-corrected chi connectivity index (χ4v) is 2.20. The van der Waals surface area contributed by atoms with E-state index in [-0.39, 0.29) is 5.24 Å². The number of carbonyl (C=O) groups is 1. The van der Waals surface area contributed by atoms with Gasteiger partial charge in [0, 0.05) is 16.3 Å². The number of alkyl halides is 1. The Labute approximate surface area is 116 Å². The molecule has 1 N–H and O–H groups in total. The quantitative estimate of drug-likeness (QED) is 0.651. The molecule has 1 amide bonds. The minimum absolute atomic E-state index is 0.0161. The summed E-state index contributed by atoms with van der Waals surface area (Å²) in [5.74, 6) is 0. The average molecular weight is 316 g/mol. The number of carbonyl (C=O) groups excluding carboxylic acids is 1. The lowest BCUT2D eigenvalue weighted by Crippen LogP contribution is -2.21. The Morgan fingerprint density at radius 2 is 2.06 bits per heavy atom. The van der Waals surface area contributed by atoms with E-state index in [0.717, 1.165) is 17.7 Å². The molecule has 0 saturated heterocycles. The molecule has 1 rings (SSSR count). The number of benzene rings is 1. The van der Waals surface area contributed by atoms with E-state index >= 15 is 0 Å². The first-order chi connectivity index (χ1) is 8.11. The number of hydrogen-bond donors (Lipinski definition) is 1. The van der Waals surface area contributed by atoms with Gasteiger partial charge in [-0.2, -0.15) is 0 Å². The van der Waals surface area contributed by atoms with Gasteiger partial charge in [0.25, 0.3) is 5.24 Å². The van der Waals surface area contributed by atoms with Crippen LogP contribution in [-0.2, 0) is 6.42 Å². The third-order valence-corrected chi connectivity index (χ3v) is 3.65. The topological polar surface area (TPSA) is 29.1 Å². The highest BCUT2D eigenvalue weighted by Crippen LogP contribution is 2.19. The van der Waals surface area contributed by atoms with E-state index in [0.29, 0.717) is 11.4 Å². The summed E-state index contributed by atoms with van der Waals surface area (Å²) in [6, 6.07) is 8.12. The lowest BCUT2D eigenvalue weighted by atomic mass is 10.2. The van der Waals surface area contributed by atoms with Crippen molar-refractivity contribution < 1.29 is 4.79 Å². The molecule has 17 heavy (non-hydrogen) atoms. The zero-order chi connectivity index (χ0) is 12.7. The number of amides is 1. The standard InChI is InChI=1S/C13H18BrNOS/c1-3-11-4-6-12(7-5-11)17-13(16)15-9-8-10(2)14/h4-7,10H,3,8-9H2,1-2H3,(H,15,16). The normalized spacial score (nSPS) is 12.2. The Balaban J connectivity index is 2.34. The van der Waals surface area contributed by atoms with Gasteiger partial charge in [0.15, 0.2) is 0 Å². The summed E-state index contributed by atoms with van der Waals surface area (Å²) in [7, 11) is 0. The first-order valence-electron chi connectivity index (χ1n) is 5.80. The van der Waals surface area contributed by atoms with Crippen molar-refractivity contribution in [1.82, 2.24) is 5.32 Å². The molecule has 0 aliphatic rings. The van der Waals surface area contributed by atoms with Gasteiger partial charge in [-0.15, -0.1) is 0 Å². The van der Waals surface area contributed by atoms with E-state index in [2.05, 4.69) is 47.2 Å². The second-order valence-electron chi connectivity index (χ2n) is 3.88. The first-order valence-corrected chi connectivity index (χ1v) is 7.53. The Morgan fingerprint density at radius 1 is 1.41 bits per heavy atom. The number of hydrogen-bond acceptors (Lipinski definition) is 2. The van der Waals surface area contributed by atoms with Crippen LogP contribution < -0.4 is 5.32 Å². The number of thioether (sulfide) groups is 1. The highest BCUT2D eigenvalue weighted by Gasteiger charge is 2.04. The second kappa shape index (κ2) is 7.77. The molecule has 1 aromatic carbocycles. The largest absolute Gasteiger partial charge is 0.347 e. The van der Waals surface area contributed by atoms with E-state index in [1.165, 1.54) is 17.3 Å². The molecule has 94 valence electrons. The molecule has 1 unspecified atom stereocenters. The molecule has 1 aromatic rings. The van der Waals surface area contributed by atoms with E-state index < -0.39 is 0 Å². The lowest BCUT2D eigenvalue weighted by Gasteiger charge is -2.06. The van der Waals surface area contributed by atoms with Crippen molar-refractivity contribution in [2.24, 2.45) is 0 Å². The molecule has 0 radical (unpaired) electrons. The van der Waals surface area contributed by atoms with Gasteiger partial charge in [0.1, 0.15) is 0 Å². The minimum atomic E-state index is 0.0161. The van der Waals surface area contributed by atoms with Crippen LogP contribution in [0.2, 0.25) is 0 Å². The molecule has 0 fully saturated rings. The summed E-state index contributed by atoms with van der Waals surface area (Å²) in [4.78, 5) is 13.0. The number of rotatable bonds is 5. The molecule has 0 aliphatic heterocycles. The molecule has 2 nitrogen and oxygen atoms in total. The Hall–Kier alpha value is -0.480. The van der Waals surface area contributed by atoms with Crippen molar-refractivity contribution in [3.8, 4) is 0 Å². The molecule has 0 bridgehead atoms. The SMILES string of the molecule is CCc1ccc(SC(=O)NCCC(C)Br)cc1. The van der Waals surface area contributed by atoms with Gasteiger partial charge in [-0.05, 0) is 42.3 Å². The minimum Gasteiger partial charge on any atom is -0.347 e. The predicted molar refractivity (Wildman–Crippen MR) is 78.1 cm³/mol. The van der Waals surface area contributed by atoms with Crippen LogP contribution in [0.5, 0.6) is 0 Å². The summed E-state index contributed by atoms with van der Waals surface area (Å²) >= 11 is 4.70. The van der Waals surface area contributed by atoms with Gasteiger partial charge < -0.3 is 5.32 Å². The van der Waals surface area contributed by atoms with E-state index in [9.17, 15) is 4.79 Å². The zero-order valence-electron chi connectivity index (χ0n) is 10.2. The van der Waals surface area contributed by atoms with Crippen LogP contribution in [0.3, 0.4) is 0 Å². The van der Waals surface area contributed by atoms with Crippen molar-refractivity contribution in [2.45, 2.75) is 36.4 Å². The van der Waals surface area contributed by atoms with Crippen LogP contribution in [0.4, 0.5) is 4.79 Å². The van der Waals surface area contributed by atoms with Crippen molar-refractivity contribution in [3.05, 3.63) is 29.8 Å². The van der Waals surface area contributed by atoms with Gasteiger partial charge in [-0.1, -0.05) is 41.9 Å². The number of aryl methyl sites for hydroxylation is 1. The van der Waals surface area contributed by atoms with Crippen LogP contribution in [0.25, 0.3) is 0 Å². The summed E-state index contributed by atoms with van der Waals surface area (Å²) in [5.41, 5.74) is 1.29. The maximum absolute atomic E-state index is 11.6. The average Bonchev–Trinajstić information content (AvgIpc) is 2.29. The molecule has 0 aromatic heterocycles. The zero-order valence-corrected chi connectivity index (χ0v) is 12.6. The molecule has 0 aliphatic carbocycles. The summed E-state index contributed by atoms with van der Waals surface area (Å²) in [6.07, 6.45) is 1.97. The van der Waals surface area contributed by atoms with Crippen LogP contribution >= 0.6 is 27.7 Å². The molecule has 0 spiro atoms. The van der Waals surface area contributed by atoms with Crippen molar-refractivity contribution in [2.75, 3.05) is 6.54 Å². The summed E-state index contributed by atoms with van der Waals surface area (Å²) in [5, 5.41) is 2.90. The third kappa shape index (κ3) is 6.13. The number of halogens is 1. The fraction of sp³-hybridized carbons (Fsp3) is 0.462. The first kappa shape index (κ1) is 14.6. The molecule has 0 heterocycles. The van der Waals surface area contributed by atoms with Gasteiger partial charge in [0.05, 0.1) is 0 Å². The molecular weight excluding hydrogens is 298 g/mol. The summed E-state index contributed by atoms with van der Waals surface area (Å²) in [6.45, 7) is 4.91. The Morgan fingerprint density at radius 3 is 2.59 bits per heavy atom. The summed E-state index contributed by atoms with van der Waals surface area (Å²) < 4.78 is 0. The maximum Gasteiger partial charge on any atom is 0.283 e. The molecule has 0 saturated carbocycles. The second-order valence-corrected chi connectivity index (χ2v) is 6.49. The van der Waals surface area contributed by atoms with Gasteiger partial charge >= 0.3 is 0 Å². The van der Waals surface area contributed by atoms with Gasteiger partial charge in [-0.25, -0.2) is 0 Å². The van der Waals surface area contributed by atoms with Crippen LogP contribution in [0.1, 0.15) is 25.8 Å². The van der Waals surface area contributed by atoms with Crippen LogP contribution in [-0.4, -0.2) is 16.6 Å². The van der Waals surface area contributed by atoms with E-state index in [1.807, 2.05) is 12.1 Å². The Kier molecular flexibility index (Phi) is 6.66. The van der Waals surface area contributed by atoms with Gasteiger partial charge in [-0.3, -0.25) is 4.79 Å². The molecular formula is C13H18BrNOS. The predicted octanol–water partition coefficient (Wildman–Crippen LogP) is 4.22. The third-order valence-electron chi connectivity index (χ3n) is 2.35. The molecule has 1 atom stereocenters. The van der Waals surface area contributed by atoms with Crippen molar-refractivity contribution in [1.29, 1.82) is 0 Å². The maximum atomic E-state index is 11.6. The van der Waals surface area contributed by atoms with Crippen molar-refractivity contribution in [3.63, 3.8) is 0 Å². The van der Waals surface area contributed by atoms with Crippen LogP contribution in [0, 0.1) is 0 Å². The van der Waals surface area contributed by atoms with E-state index in [1.54, 1.807) is 0 Å². The highest BCUT2D eigenvalue weighted by atomic mass is 79.9. The van der Waals surface area contributed by atoms with E-state index in [4.69, 9.17) is 0 Å². The van der Waals surface area contributed by atoms with Crippen molar-refractivity contribution >= 4 is 32.9 Å². The van der Waals surface area contributed by atoms with Gasteiger partial charge in [0.2, 0.25) is 0 Å². The smallest absolute Gasteiger partial charge is 0.283 e. The van der Waals surface area contributed by atoms with Crippen LogP contribution in [0.15, 0.2) is 29.2 Å². The molecule has 4 heteroatoms. The monoisotopic (exact) mass is 315 g/mol. The number of nitrogens with one attached hydrogen (secondary N) is 1. The highest BCUT2D eigenvalue weighted by molar-refractivity contribution is 9.09. The fourth-order valence-electron chi connectivity index (χ4n) is 1.31. The lowest BCUT2D eigenvalue weighted by molar-refractivity contribution is 0.260. The Bertz CT molecular complexity index is 351.